The second-order valence-corrected chi connectivity index (χ2v) is 9.43. The Morgan fingerprint density at radius 3 is 2.58 bits per heavy atom. The molecule has 0 bridgehead atoms. The molecule has 1 aromatic heterocycles. The minimum Gasteiger partial charge on any atom is -0.369 e. The molecular formula is C25H29N3O2S. The first-order chi connectivity index (χ1) is 15.2. The van der Waals surface area contributed by atoms with Gasteiger partial charge in [-0.3, -0.25) is 9.69 Å². The van der Waals surface area contributed by atoms with E-state index in [2.05, 4.69) is 28.2 Å². The number of piperazine rings is 1. The maximum Gasteiger partial charge on any atom is 0.256 e. The molecule has 3 heterocycles. The summed E-state index contributed by atoms with van der Waals surface area (Å²) in [5.41, 5.74) is 2.93. The topological polar surface area (TPSA) is 47.0 Å². The van der Waals surface area contributed by atoms with Crippen LogP contribution in [0.2, 0.25) is 0 Å². The number of thiophene rings is 1. The smallest absolute Gasteiger partial charge is 0.256 e. The van der Waals surface area contributed by atoms with Crippen LogP contribution in [0.15, 0.2) is 47.8 Å². The van der Waals surface area contributed by atoms with E-state index in [1.54, 1.807) is 4.90 Å². The molecule has 2 aliphatic heterocycles. The summed E-state index contributed by atoms with van der Waals surface area (Å²) in [6, 6.07) is 13.9. The van der Waals surface area contributed by atoms with Gasteiger partial charge in [-0.1, -0.05) is 43.7 Å². The van der Waals surface area contributed by atoms with Crippen molar-refractivity contribution in [1.82, 2.24) is 9.80 Å². The fourth-order valence-corrected chi connectivity index (χ4v) is 5.91. The first-order valence-corrected chi connectivity index (χ1v) is 12.1. The lowest BCUT2D eigenvalue weighted by Gasteiger charge is -2.39. The molecular weight excluding hydrogens is 406 g/mol. The van der Waals surface area contributed by atoms with Gasteiger partial charge in [0.1, 0.15) is 0 Å². The Labute approximate surface area is 187 Å². The van der Waals surface area contributed by atoms with Gasteiger partial charge in [0.15, 0.2) is 6.23 Å². The minimum atomic E-state index is -0.880. The monoisotopic (exact) mass is 435 g/mol. The van der Waals surface area contributed by atoms with Crippen molar-refractivity contribution < 1.29 is 9.90 Å². The van der Waals surface area contributed by atoms with Gasteiger partial charge in [0, 0.05) is 60.7 Å². The average molecular weight is 436 g/mol. The number of aliphatic hydroxyl groups is 1. The largest absolute Gasteiger partial charge is 0.369 e. The Morgan fingerprint density at radius 2 is 1.81 bits per heavy atom. The van der Waals surface area contributed by atoms with E-state index in [0.29, 0.717) is 12.1 Å². The van der Waals surface area contributed by atoms with Crippen LogP contribution in [-0.4, -0.2) is 60.1 Å². The second-order valence-electron chi connectivity index (χ2n) is 8.43. The van der Waals surface area contributed by atoms with Crippen LogP contribution in [-0.2, 0) is 6.42 Å². The molecule has 1 N–H and O–H groups in total. The van der Waals surface area contributed by atoms with Gasteiger partial charge in [-0.05, 0) is 29.3 Å². The number of hydrogen-bond acceptors (Lipinski definition) is 5. The van der Waals surface area contributed by atoms with Gasteiger partial charge in [0.2, 0.25) is 0 Å². The van der Waals surface area contributed by atoms with Gasteiger partial charge < -0.3 is 14.9 Å². The van der Waals surface area contributed by atoms with Gasteiger partial charge in [0.25, 0.3) is 5.91 Å². The molecule has 0 saturated carbocycles. The van der Waals surface area contributed by atoms with E-state index in [-0.39, 0.29) is 5.91 Å². The Morgan fingerprint density at radius 1 is 1.03 bits per heavy atom. The van der Waals surface area contributed by atoms with Crippen molar-refractivity contribution in [2.24, 2.45) is 0 Å². The average Bonchev–Trinajstić information content (AvgIpc) is 3.26. The van der Waals surface area contributed by atoms with E-state index in [9.17, 15) is 9.90 Å². The molecule has 5 rings (SSSR count). The normalized spacial score (nSPS) is 19.4. The highest BCUT2D eigenvalue weighted by Crippen LogP contribution is 2.35. The van der Waals surface area contributed by atoms with Crippen molar-refractivity contribution in [3.05, 3.63) is 63.8 Å². The number of amides is 1. The number of hydrogen-bond donors (Lipinski definition) is 1. The van der Waals surface area contributed by atoms with Crippen molar-refractivity contribution in [2.75, 3.05) is 44.2 Å². The summed E-state index contributed by atoms with van der Waals surface area (Å²) in [6.45, 7) is 7.51. The molecule has 1 unspecified atom stereocenters. The maximum absolute atomic E-state index is 13.1. The quantitative estimate of drug-likeness (QED) is 0.633. The van der Waals surface area contributed by atoms with Gasteiger partial charge in [-0.25, -0.2) is 0 Å². The third-order valence-corrected chi connectivity index (χ3v) is 7.54. The summed E-state index contributed by atoms with van der Waals surface area (Å²) in [4.78, 5) is 21.2. The zero-order valence-electron chi connectivity index (χ0n) is 18.0. The summed E-state index contributed by atoms with van der Waals surface area (Å²) < 4.78 is 0. The zero-order valence-corrected chi connectivity index (χ0v) is 18.8. The molecule has 3 aromatic rings. The number of aryl methyl sites for hydroxylation is 1. The van der Waals surface area contributed by atoms with Gasteiger partial charge >= 0.3 is 0 Å². The minimum absolute atomic E-state index is 0.0714. The van der Waals surface area contributed by atoms with Crippen LogP contribution in [0.1, 0.15) is 40.4 Å². The highest BCUT2D eigenvalue weighted by atomic mass is 32.1. The standard InChI is InChI=1S/C25H29N3O2S/c1-2-5-22-21(10-17-31-22)27-14-11-26(12-15-27)13-16-28-24(29)19-8-3-6-18-7-4-9-20(23(18)19)25(28)30/h3-4,6-10,17,24,29H,2,5,11-16H2,1H3. The summed E-state index contributed by atoms with van der Waals surface area (Å²) in [7, 11) is 0. The van der Waals surface area contributed by atoms with Crippen LogP contribution in [0.4, 0.5) is 5.69 Å². The number of benzene rings is 2. The van der Waals surface area contributed by atoms with E-state index in [0.717, 1.165) is 55.5 Å². The molecule has 31 heavy (non-hydrogen) atoms. The van der Waals surface area contributed by atoms with Crippen LogP contribution in [0.3, 0.4) is 0 Å². The van der Waals surface area contributed by atoms with Gasteiger partial charge in [-0.2, -0.15) is 0 Å². The Balaban J connectivity index is 1.23. The highest BCUT2D eigenvalue weighted by Gasteiger charge is 2.33. The van der Waals surface area contributed by atoms with Gasteiger partial charge in [0.05, 0.1) is 5.69 Å². The summed E-state index contributed by atoms with van der Waals surface area (Å²) in [5, 5.41) is 15.1. The van der Waals surface area contributed by atoms with Crippen molar-refractivity contribution in [3.63, 3.8) is 0 Å². The lowest BCUT2D eigenvalue weighted by atomic mass is 9.93. The Hall–Kier alpha value is -2.41. The molecule has 2 aromatic carbocycles. The summed E-state index contributed by atoms with van der Waals surface area (Å²) in [6.07, 6.45) is 1.45. The molecule has 1 fully saturated rings. The van der Waals surface area contributed by atoms with Crippen LogP contribution in [0.25, 0.3) is 10.8 Å². The first-order valence-electron chi connectivity index (χ1n) is 11.2. The van der Waals surface area contributed by atoms with Crippen LogP contribution < -0.4 is 4.90 Å². The molecule has 5 nitrogen and oxygen atoms in total. The predicted molar refractivity (Wildman–Crippen MR) is 127 cm³/mol. The van der Waals surface area contributed by atoms with Crippen molar-refractivity contribution >= 4 is 33.7 Å². The third kappa shape index (κ3) is 3.73. The van der Waals surface area contributed by atoms with Crippen molar-refractivity contribution in [1.29, 1.82) is 0 Å². The summed E-state index contributed by atoms with van der Waals surface area (Å²) >= 11 is 1.86. The number of anilines is 1. The fourth-order valence-electron chi connectivity index (χ4n) is 4.91. The number of nitrogens with zero attached hydrogens (tertiary/aromatic N) is 3. The molecule has 1 saturated heterocycles. The van der Waals surface area contributed by atoms with Crippen molar-refractivity contribution in [3.8, 4) is 0 Å². The fraction of sp³-hybridized carbons (Fsp3) is 0.400. The van der Waals surface area contributed by atoms with E-state index >= 15 is 0 Å². The number of carbonyl (C=O) groups excluding carboxylic acids is 1. The number of rotatable bonds is 6. The van der Waals surface area contributed by atoms with E-state index in [1.807, 2.05) is 47.7 Å². The first kappa shape index (κ1) is 20.5. The maximum atomic E-state index is 13.1. The third-order valence-electron chi connectivity index (χ3n) is 6.57. The van der Waals surface area contributed by atoms with Crippen molar-refractivity contribution in [2.45, 2.75) is 26.0 Å². The Kier molecular flexibility index (Phi) is 5.69. The van der Waals surface area contributed by atoms with E-state index < -0.39 is 6.23 Å². The molecule has 0 spiro atoms. The Bertz CT molecular complexity index is 1080. The predicted octanol–water partition coefficient (Wildman–Crippen LogP) is 4.12. The van der Waals surface area contributed by atoms with Crippen LogP contribution in [0.5, 0.6) is 0 Å². The number of aliphatic hydroxyl groups excluding tert-OH is 1. The van der Waals surface area contributed by atoms with E-state index in [4.69, 9.17) is 0 Å². The molecule has 1 amide bonds. The van der Waals surface area contributed by atoms with Crippen LogP contribution in [0, 0.1) is 0 Å². The second kappa shape index (κ2) is 8.61. The lowest BCUT2D eigenvalue weighted by Crippen LogP contribution is -2.50. The van der Waals surface area contributed by atoms with E-state index in [1.165, 1.54) is 17.0 Å². The molecule has 6 heteroatoms. The molecule has 0 aliphatic carbocycles. The van der Waals surface area contributed by atoms with Gasteiger partial charge in [-0.15, -0.1) is 11.3 Å². The molecule has 2 aliphatic rings. The zero-order chi connectivity index (χ0) is 21.4. The lowest BCUT2D eigenvalue weighted by molar-refractivity contribution is 0.000972. The summed E-state index contributed by atoms with van der Waals surface area (Å²) in [5.74, 6) is -0.0714. The van der Waals surface area contributed by atoms with Crippen LogP contribution >= 0.6 is 11.3 Å². The SMILES string of the molecule is CCCc1sccc1N1CCN(CCN2C(=O)c3cccc4cccc(c34)C2O)CC1. The molecule has 162 valence electrons. The molecule has 1 atom stereocenters. The number of carbonyl (C=O) groups is 1. The highest BCUT2D eigenvalue weighted by molar-refractivity contribution is 7.10. The molecule has 0 radical (unpaired) electrons.